The van der Waals surface area contributed by atoms with Crippen molar-refractivity contribution < 1.29 is 5.11 Å². The molecule has 0 atom stereocenters. The van der Waals surface area contributed by atoms with Crippen molar-refractivity contribution in [2.45, 2.75) is 6.54 Å². The summed E-state index contributed by atoms with van der Waals surface area (Å²) in [5, 5.41) is 16.8. The molecule has 2 N–H and O–H groups in total. The summed E-state index contributed by atoms with van der Waals surface area (Å²) in [5.74, 6) is 0.506. The fraction of sp³-hybridized carbons (Fsp3) is 0.182. The Bertz CT molecular complexity index is 480. The Morgan fingerprint density at radius 2 is 2.18 bits per heavy atom. The van der Waals surface area contributed by atoms with Crippen LogP contribution in [-0.2, 0) is 6.54 Å². The molecule has 17 heavy (non-hydrogen) atoms. The highest BCUT2D eigenvalue weighted by Crippen LogP contribution is 2.00. The average Bonchev–Trinajstić information content (AvgIpc) is 2.79. The van der Waals surface area contributed by atoms with Crippen LogP contribution < -0.4 is 5.43 Å². The molecular weight excluding hydrogens is 218 g/mol. The van der Waals surface area contributed by atoms with Crippen molar-refractivity contribution in [3.8, 4) is 0 Å². The average molecular weight is 231 g/mol. The SMILES string of the molecule is OCCn1ncnc1N/N=C\c1ccccc1. The van der Waals surface area contributed by atoms with E-state index in [1.807, 2.05) is 30.3 Å². The van der Waals surface area contributed by atoms with Gasteiger partial charge in [0, 0.05) is 0 Å². The number of anilines is 1. The van der Waals surface area contributed by atoms with Gasteiger partial charge < -0.3 is 5.11 Å². The Morgan fingerprint density at radius 3 is 2.94 bits per heavy atom. The van der Waals surface area contributed by atoms with E-state index in [1.54, 1.807) is 10.9 Å². The minimum atomic E-state index is 0.0143. The van der Waals surface area contributed by atoms with Crippen LogP contribution in [0.3, 0.4) is 0 Å². The van der Waals surface area contributed by atoms with Crippen LogP contribution in [-0.4, -0.2) is 32.7 Å². The maximum Gasteiger partial charge on any atom is 0.242 e. The molecule has 0 radical (unpaired) electrons. The number of aliphatic hydroxyl groups is 1. The number of hydrogen-bond acceptors (Lipinski definition) is 5. The van der Waals surface area contributed by atoms with Gasteiger partial charge in [-0.2, -0.15) is 15.2 Å². The lowest BCUT2D eigenvalue weighted by Gasteiger charge is -2.01. The minimum Gasteiger partial charge on any atom is -0.394 e. The van der Waals surface area contributed by atoms with Crippen LogP contribution in [0.5, 0.6) is 0 Å². The topological polar surface area (TPSA) is 75.3 Å². The number of aliphatic hydroxyl groups excluding tert-OH is 1. The number of nitrogens with one attached hydrogen (secondary N) is 1. The molecule has 0 saturated heterocycles. The van der Waals surface area contributed by atoms with Gasteiger partial charge >= 0.3 is 0 Å². The molecule has 0 spiro atoms. The van der Waals surface area contributed by atoms with Crippen molar-refractivity contribution in [3.63, 3.8) is 0 Å². The fourth-order valence-corrected chi connectivity index (χ4v) is 1.31. The van der Waals surface area contributed by atoms with Crippen molar-refractivity contribution in [1.29, 1.82) is 0 Å². The van der Waals surface area contributed by atoms with Crippen LogP contribution in [0, 0.1) is 0 Å². The van der Waals surface area contributed by atoms with Crippen molar-refractivity contribution >= 4 is 12.2 Å². The van der Waals surface area contributed by atoms with Crippen molar-refractivity contribution in [2.24, 2.45) is 5.10 Å². The maximum atomic E-state index is 8.81. The summed E-state index contributed by atoms with van der Waals surface area (Å²) in [6, 6.07) is 9.72. The summed E-state index contributed by atoms with van der Waals surface area (Å²) >= 11 is 0. The molecule has 88 valence electrons. The number of benzene rings is 1. The first-order valence-corrected chi connectivity index (χ1v) is 5.23. The standard InChI is InChI=1S/C11H13N5O/c17-7-6-16-11(12-9-14-16)15-13-8-10-4-2-1-3-5-10/h1-5,8-9,17H,6-7H2,(H,12,14,15)/b13-8-. The molecule has 0 amide bonds. The van der Waals surface area contributed by atoms with E-state index in [-0.39, 0.29) is 6.61 Å². The lowest BCUT2D eigenvalue weighted by molar-refractivity contribution is 0.270. The molecule has 0 aliphatic heterocycles. The molecule has 2 rings (SSSR count). The number of aromatic nitrogens is 3. The quantitative estimate of drug-likeness (QED) is 0.587. The van der Waals surface area contributed by atoms with E-state index in [2.05, 4.69) is 20.6 Å². The van der Waals surface area contributed by atoms with E-state index in [0.29, 0.717) is 12.5 Å². The summed E-state index contributed by atoms with van der Waals surface area (Å²) in [7, 11) is 0. The minimum absolute atomic E-state index is 0.0143. The van der Waals surface area contributed by atoms with Crippen LogP contribution in [0.2, 0.25) is 0 Å². The molecule has 0 aliphatic rings. The largest absolute Gasteiger partial charge is 0.394 e. The molecule has 0 bridgehead atoms. The highest BCUT2D eigenvalue weighted by molar-refractivity contribution is 5.79. The third-order valence-electron chi connectivity index (χ3n) is 2.11. The first-order chi connectivity index (χ1) is 8.40. The second-order valence-electron chi connectivity index (χ2n) is 3.31. The van der Waals surface area contributed by atoms with Crippen molar-refractivity contribution in [1.82, 2.24) is 14.8 Å². The first-order valence-electron chi connectivity index (χ1n) is 5.23. The highest BCUT2D eigenvalue weighted by atomic mass is 16.3. The van der Waals surface area contributed by atoms with Gasteiger partial charge in [0.1, 0.15) is 6.33 Å². The van der Waals surface area contributed by atoms with Gasteiger partial charge in [0.05, 0.1) is 19.4 Å². The van der Waals surface area contributed by atoms with Crippen LogP contribution >= 0.6 is 0 Å². The zero-order valence-corrected chi connectivity index (χ0v) is 9.19. The summed E-state index contributed by atoms with van der Waals surface area (Å²) in [4.78, 5) is 3.98. The van der Waals surface area contributed by atoms with Gasteiger partial charge in [0.2, 0.25) is 5.95 Å². The van der Waals surface area contributed by atoms with Gasteiger partial charge in [0.15, 0.2) is 0 Å². The third kappa shape index (κ3) is 3.12. The molecule has 0 unspecified atom stereocenters. The maximum absolute atomic E-state index is 8.81. The third-order valence-corrected chi connectivity index (χ3v) is 2.11. The van der Waals surface area contributed by atoms with Crippen molar-refractivity contribution in [2.75, 3.05) is 12.0 Å². The molecule has 0 aliphatic carbocycles. The van der Waals surface area contributed by atoms with E-state index < -0.39 is 0 Å². The van der Waals surface area contributed by atoms with Gasteiger partial charge in [-0.15, -0.1) is 0 Å². The Balaban J connectivity index is 1.98. The zero-order chi connectivity index (χ0) is 11.9. The van der Waals surface area contributed by atoms with Crippen LogP contribution in [0.25, 0.3) is 0 Å². The van der Waals surface area contributed by atoms with E-state index in [1.165, 1.54) is 6.33 Å². The lowest BCUT2D eigenvalue weighted by Crippen LogP contribution is -2.08. The normalized spacial score (nSPS) is 10.9. The summed E-state index contributed by atoms with van der Waals surface area (Å²) in [5.41, 5.74) is 3.77. The Kier molecular flexibility index (Phi) is 3.82. The zero-order valence-electron chi connectivity index (χ0n) is 9.19. The number of nitrogens with zero attached hydrogens (tertiary/aromatic N) is 4. The lowest BCUT2D eigenvalue weighted by atomic mass is 10.2. The second kappa shape index (κ2) is 5.76. The smallest absolute Gasteiger partial charge is 0.242 e. The van der Waals surface area contributed by atoms with Gasteiger partial charge in [-0.3, -0.25) is 0 Å². The first kappa shape index (κ1) is 11.3. The van der Waals surface area contributed by atoms with Gasteiger partial charge in [0.25, 0.3) is 0 Å². The molecule has 0 saturated carbocycles. The molecule has 6 heteroatoms. The number of hydrogen-bond donors (Lipinski definition) is 2. The second-order valence-corrected chi connectivity index (χ2v) is 3.31. The van der Waals surface area contributed by atoms with Crippen molar-refractivity contribution in [3.05, 3.63) is 42.2 Å². The molecule has 6 nitrogen and oxygen atoms in total. The molecule has 0 fully saturated rings. The van der Waals surface area contributed by atoms with E-state index in [4.69, 9.17) is 5.11 Å². The Hall–Kier alpha value is -2.21. The highest BCUT2D eigenvalue weighted by Gasteiger charge is 2.00. The van der Waals surface area contributed by atoms with Crippen LogP contribution in [0.4, 0.5) is 5.95 Å². The molecule has 1 heterocycles. The van der Waals surface area contributed by atoms with Gasteiger partial charge in [-0.25, -0.2) is 10.1 Å². The predicted octanol–water partition coefficient (Wildman–Crippen LogP) is 0.716. The van der Waals surface area contributed by atoms with Crippen LogP contribution in [0.1, 0.15) is 5.56 Å². The summed E-state index contributed by atoms with van der Waals surface area (Å²) in [6.07, 6.45) is 3.11. The summed E-state index contributed by atoms with van der Waals surface area (Å²) in [6.45, 7) is 0.406. The molecule has 2 aromatic rings. The molecule has 1 aromatic heterocycles. The van der Waals surface area contributed by atoms with Crippen LogP contribution in [0.15, 0.2) is 41.8 Å². The predicted molar refractivity (Wildman–Crippen MR) is 64.8 cm³/mol. The number of rotatable bonds is 5. The van der Waals surface area contributed by atoms with E-state index >= 15 is 0 Å². The van der Waals surface area contributed by atoms with E-state index in [0.717, 1.165) is 5.56 Å². The monoisotopic (exact) mass is 231 g/mol. The van der Waals surface area contributed by atoms with Gasteiger partial charge in [-0.05, 0) is 5.56 Å². The van der Waals surface area contributed by atoms with Gasteiger partial charge in [-0.1, -0.05) is 30.3 Å². The fourth-order valence-electron chi connectivity index (χ4n) is 1.31. The summed E-state index contributed by atoms with van der Waals surface area (Å²) < 4.78 is 1.54. The Morgan fingerprint density at radius 1 is 1.35 bits per heavy atom. The molecule has 1 aromatic carbocycles. The Labute approximate surface area is 98.6 Å². The number of hydrazone groups is 1. The van der Waals surface area contributed by atoms with E-state index in [9.17, 15) is 0 Å². The molecular formula is C11H13N5O.